The molecule has 0 aliphatic carbocycles. The maximum absolute atomic E-state index is 11.9. The number of carboxylic acid groups (broad SMARTS) is 1. The lowest BCUT2D eigenvalue weighted by Crippen LogP contribution is -2.24. The monoisotopic (exact) mass is 453 g/mol. The summed E-state index contributed by atoms with van der Waals surface area (Å²) >= 11 is 5.81. The largest absolute Gasteiger partial charge is 0.493 e. The van der Waals surface area contributed by atoms with Gasteiger partial charge in [-0.05, 0) is 65.7 Å². The van der Waals surface area contributed by atoms with Gasteiger partial charge in [-0.2, -0.15) is 5.10 Å². The Morgan fingerprint density at radius 2 is 1.75 bits per heavy atom. The van der Waals surface area contributed by atoms with Crippen molar-refractivity contribution in [1.82, 2.24) is 5.43 Å². The molecule has 2 amide bonds. The average Bonchev–Trinajstić information content (AvgIpc) is 2.79. The molecule has 0 fully saturated rings. The minimum Gasteiger partial charge on any atom is -0.493 e. The van der Waals surface area contributed by atoms with Gasteiger partial charge in [-0.1, -0.05) is 23.7 Å². The quantitative estimate of drug-likeness (QED) is 0.336. The van der Waals surface area contributed by atoms with Gasteiger partial charge in [0, 0.05) is 10.7 Å². The van der Waals surface area contributed by atoms with Gasteiger partial charge in [0.1, 0.15) is 6.61 Å². The van der Waals surface area contributed by atoms with Crippen LogP contribution in [0, 0.1) is 0 Å². The first-order valence-electron chi connectivity index (χ1n) is 9.43. The predicted octanol–water partition coefficient (Wildman–Crippen LogP) is 4.78. The first-order chi connectivity index (χ1) is 15.4. The van der Waals surface area contributed by atoms with Crippen LogP contribution in [0.4, 0.5) is 10.5 Å². The fourth-order valence-electron chi connectivity index (χ4n) is 2.65. The molecule has 0 saturated heterocycles. The summed E-state index contributed by atoms with van der Waals surface area (Å²) in [5.74, 6) is 0.0236. The average molecular weight is 454 g/mol. The van der Waals surface area contributed by atoms with Gasteiger partial charge in [0.05, 0.1) is 18.9 Å². The number of urea groups is 1. The van der Waals surface area contributed by atoms with Gasteiger partial charge in [0.25, 0.3) is 0 Å². The third-order valence-corrected chi connectivity index (χ3v) is 4.52. The van der Waals surface area contributed by atoms with E-state index in [1.807, 2.05) is 0 Å². The van der Waals surface area contributed by atoms with E-state index in [2.05, 4.69) is 15.8 Å². The highest BCUT2D eigenvalue weighted by atomic mass is 35.5. The van der Waals surface area contributed by atoms with Crippen LogP contribution in [0.3, 0.4) is 0 Å². The zero-order valence-corrected chi connectivity index (χ0v) is 17.8. The highest BCUT2D eigenvalue weighted by Gasteiger charge is 2.07. The number of hydrazone groups is 1. The summed E-state index contributed by atoms with van der Waals surface area (Å²) in [6.45, 7) is 0.246. The minimum absolute atomic E-state index is 0.213. The lowest BCUT2D eigenvalue weighted by molar-refractivity contribution is 0.0696. The van der Waals surface area contributed by atoms with Gasteiger partial charge in [-0.25, -0.2) is 15.0 Å². The van der Waals surface area contributed by atoms with Gasteiger partial charge < -0.3 is 19.9 Å². The fraction of sp³-hybridized carbons (Fsp3) is 0.0870. The number of carbonyl (C=O) groups excluding carboxylic acids is 1. The zero-order valence-electron chi connectivity index (χ0n) is 17.0. The van der Waals surface area contributed by atoms with E-state index < -0.39 is 12.0 Å². The van der Waals surface area contributed by atoms with E-state index in [1.165, 1.54) is 25.5 Å². The molecule has 0 aliphatic heterocycles. The summed E-state index contributed by atoms with van der Waals surface area (Å²) in [6, 6.07) is 17.8. The Hall–Kier alpha value is -4.04. The van der Waals surface area contributed by atoms with Gasteiger partial charge >= 0.3 is 12.0 Å². The second-order valence-electron chi connectivity index (χ2n) is 6.53. The molecule has 0 atom stereocenters. The molecule has 0 aliphatic rings. The molecular formula is C23H20ClN3O5. The van der Waals surface area contributed by atoms with E-state index in [-0.39, 0.29) is 12.2 Å². The number of rotatable bonds is 8. The molecule has 9 heteroatoms. The number of aromatic carboxylic acids is 1. The number of hydrogen-bond acceptors (Lipinski definition) is 5. The van der Waals surface area contributed by atoms with Crippen molar-refractivity contribution in [2.75, 3.05) is 12.4 Å². The van der Waals surface area contributed by atoms with Crippen molar-refractivity contribution in [2.45, 2.75) is 6.61 Å². The van der Waals surface area contributed by atoms with Crippen molar-refractivity contribution in [3.8, 4) is 11.5 Å². The van der Waals surface area contributed by atoms with Crippen LogP contribution in [0.5, 0.6) is 11.5 Å². The molecule has 0 spiro atoms. The van der Waals surface area contributed by atoms with Gasteiger partial charge in [-0.3, -0.25) is 0 Å². The molecule has 32 heavy (non-hydrogen) atoms. The summed E-state index contributed by atoms with van der Waals surface area (Å²) < 4.78 is 11.1. The Kier molecular flexibility index (Phi) is 7.66. The van der Waals surface area contributed by atoms with Crippen LogP contribution in [0.25, 0.3) is 0 Å². The number of nitrogens with zero attached hydrogens (tertiary/aromatic N) is 1. The highest BCUT2D eigenvalue weighted by Crippen LogP contribution is 2.28. The summed E-state index contributed by atoms with van der Waals surface area (Å²) in [5.41, 5.74) is 4.68. The lowest BCUT2D eigenvalue weighted by atomic mass is 10.1. The summed E-state index contributed by atoms with van der Waals surface area (Å²) in [7, 11) is 1.52. The second-order valence-corrected chi connectivity index (χ2v) is 6.97. The standard InChI is InChI=1S/C23H20ClN3O5/c1-31-21-12-16(13-25-27-23(30)26-19-9-7-18(24)8-10-19)4-11-20(21)32-14-15-2-5-17(6-3-15)22(28)29/h2-13H,14H2,1H3,(H,28,29)(H2,26,27,30)/b25-13+. The predicted molar refractivity (Wildman–Crippen MR) is 122 cm³/mol. The molecular weight excluding hydrogens is 434 g/mol. The van der Waals surface area contributed by atoms with E-state index >= 15 is 0 Å². The van der Waals surface area contributed by atoms with E-state index in [0.717, 1.165) is 5.56 Å². The highest BCUT2D eigenvalue weighted by molar-refractivity contribution is 6.30. The van der Waals surface area contributed by atoms with Gasteiger partial charge in [0.2, 0.25) is 0 Å². The number of methoxy groups -OCH3 is 1. The maximum atomic E-state index is 11.9. The topological polar surface area (TPSA) is 109 Å². The molecule has 0 saturated carbocycles. The van der Waals surface area contributed by atoms with Crippen molar-refractivity contribution < 1.29 is 24.2 Å². The molecule has 3 aromatic rings. The molecule has 0 bridgehead atoms. The van der Waals surface area contributed by atoms with Crippen molar-refractivity contribution in [3.05, 3.63) is 88.4 Å². The Balaban J connectivity index is 1.56. The lowest BCUT2D eigenvalue weighted by Gasteiger charge is -2.11. The molecule has 0 aromatic heterocycles. The van der Waals surface area contributed by atoms with Crippen LogP contribution < -0.4 is 20.2 Å². The SMILES string of the molecule is COc1cc(/C=N/NC(=O)Nc2ccc(Cl)cc2)ccc1OCc1ccc(C(=O)O)cc1. The minimum atomic E-state index is -0.978. The molecule has 0 radical (unpaired) electrons. The van der Waals surface area contributed by atoms with E-state index in [4.69, 9.17) is 26.2 Å². The summed E-state index contributed by atoms with van der Waals surface area (Å²) in [4.78, 5) is 22.8. The summed E-state index contributed by atoms with van der Waals surface area (Å²) in [5, 5.41) is 16.1. The first-order valence-corrected chi connectivity index (χ1v) is 9.81. The molecule has 3 rings (SSSR count). The third kappa shape index (κ3) is 6.48. The number of ether oxygens (including phenoxy) is 2. The van der Waals surface area contributed by atoms with Gasteiger partial charge in [0.15, 0.2) is 11.5 Å². The van der Waals surface area contributed by atoms with Crippen LogP contribution in [0.1, 0.15) is 21.5 Å². The smallest absolute Gasteiger partial charge is 0.339 e. The Morgan fingerprint density at radius 1 is 1.03 bits per heavy atom. The second kappa shape index (κ2) is 10.8. The first kappa shape index (κ1) is 22.6. The van der Waals surface area contributed by atoms with E-state index in [0.29, 0.717) is 27.8 Å². The van der Waals surface area contributed by atoms with Crippen LogP contribution in [0.2, 0.25) is 5.02 Å². The Morgan fingerprint density at radius 3 is 2.41 bits per heavy atom. The molecule has 3 N–H and O–H groups in total. The number of carbonyl (C=O) groups is 2. The maximum Gasteiger partial charge on any atom is 0.339 e. The number of benzene rings is 3. The van der Waals surface area contributed by atoms with E-state index in [9.17, 15) is 9.59 Å². The van der Waals surface area contributed by atoms with Crippen LogP contribution in [0.15, 0.2) is 71.8 Å². The molecule has 3 aromatic carbocycles. The molecule has 0 heterocycles. The Bertz CT molecular complexity index is 1120. The molecule has 8 nitrogen and oxygen atoms in total. The van der Waals surface area contributed by atoms with Crippen LogP contribution in [-0.4, -0.2) is 30.4 Å². The Labute approximate surface area is 189 Å². The fourth-order valence-corrected chi connectivity index (χ4v) is 2.77. The zero-order chi connectivity index (χ0) is 22.9. The number of halogens is 1. The van der Waals surface area contributed by atoms with Crippen molar-refractivity contribution in [2.24, 2.45) is 5.10 Å². The van der Waals surface area contributed by atoms with Crippen LogP contribution in [-0.2, 0) is 6.61 Å². The van der Waals surface area contributed by atoms with Crippen molar-refractivity contribution >= 4 is 35.5 Å². The van der Waals surface area contributed by atoms with Crippen molar-refractivity contribution in [3.63, 3.8) is 0 Å². The normalized spacial score (nSPS) is 10.6. The molecule has 0 unspecified atom stereocenters. The number of carboxylic acids is 1. The van der Waals surface area contributed by atoms with Crippen molar-refractivity contribution in [1.29, 1.82) is 0 Å². The number of hydrogen-bond donors (Lipinski definition) is 3. The number of anilines is 1. The van der Waals surface area contributed by atoms with Gasteiger partial charge in [-0.15, -0.1) is 0 Å². The van der Waals surface area contributed by atoms with Crippen LogP contribution >= 0.6 is 11.6 Å². The van der Waals surface area contributed by atoms with E-state index in [1.54, 1.807) is 54.6 Å². The third-order valence-electron chi connectivity index (χ3n) is 4.26. The summed E-state index contributed by atoms with van der Waals surface area (Å²) in [6.07, 6.45) is 1.47. The number of amides is 2. The number of nitrogens with one attached hydrogen (secondary N) is 2. The molecule has 164 valence electrons.